The Morgan fingerprint density at radius 3 is 2.07 bits per heavy atom. The average Bonchev–Trinajstić information content (AvgIpc) is 3.99. The topological polar surface area (TPSA) is 234 Å². The van der Waals surface area contributed by atoms with Gasteiger partial charge < -0.3 is 40.7 Å². The van der Waals surface area contributed by atoms with E-state index in [2.05, 4.69) is 31.3 Å². The van der Waals surface area contributed by atoms with E-state index in [1.54, 1.807) is 63.7 Å². The maximum atomic E-state index is 14.4. The van der Waals surface area contributed by atoms with Gasteiger partial charge in [-0.2, -0.15) is 22.7 Å². The zero-order chi connectivity index (χ0) is 52.1. The lowest BCUT2D eigenvalue weighted by Gasteiger charge is -2.29. The summed E-state index contributed by atoms with van der Waals surface area (Å²) in [4.78, 5) is 81.6. The Labute approximate surface area is 408 Å². The molecular formula is C50H60F4N8O9. The monoisotopic (exact) mass is 992 g/mol. The average molecular weight is 993 g/mol. The van der Waals surface area contributed by atoms with Gasteiger partial charge in [-0.05, 0) is 145 Å². The SMILES string of the molecule is Cc1cc(C(=O)NC2CCN(C(=O)OC(C)(C)C)C2)ccc1-c1ccc(CC(NC(=O)C2CCC(CNC(=O)OC(C)(C)C)CC2)C(=O)Nc2ccc(-c3n[nH]c(C(F)(F)C(F)(F)C(=O)O)n3)cc2)cc1. The van der Waals surface area contributed by atoms with Crippen LogP contribution in [0.15, 0.2) is 66.7 Å². The summed E-state index contributed by atoms with van der Waals surface area (Å²) in [7, 11) is 0. The van der Waals surface area contributed by atoms with E-state index in [1.165, 1.54) is 24.3 Å². The van der Waals surface area contributed by atoms with Crippen molar-refractivity contribution < 1.29 is 60.9 Å². The lowest BCUT2D eigenvalue weighted by molar-refractivity contribution is -0.231. The molecule has 6 N–H and O–H groups in total. The standard InChI is InChI=1S/C50H60F4N8O9/c1-28-24-34(41(64)57-36-22-23-62(27-36)46(69)71-48(5,6)7)18-21-37(28)31-12-8-29(9-13-31)25-38(58-40(63)33-14-10-30(11-15-33)26-55-45(68)70-47(2,3)4)42(65)56-35-19-16-32(17-20-35)39-59-43(61-60-39)49(51,52)50(53,54)44(66)67/h8-9,12-13,16-21,24,30,33,36,38H,10-11,14-15,22-23,25-27H2,1-7H3,(H,55,68)(H,56,65)(H,57,64)(H,58,63)(H,66,67)(H,59,60,61). The smallest absolute Gasteiger partial charge is 0.411 e. The van der Waals surface area contributed by atoms with Crippen LogP contribution < -0.4 is 21.3 Å². The maximum absolute atomic E-state index is 14.4. The van der Waals surface area contributed by atoms with Crippen molar-refractivity contribution in [3.63, 3.8) is 0 Å². The molecule has 0 spiro atoms. The number of aliphatic carboxylic acids is 1. The number of nitrogens with one attached hydrogen (secondary N) is 5. The minimum atomic E-state index is -5.47. The van der Waals surface area contributed by atoms with Gasteiger partial charge in [-0.3, -0.25) is 19.5 Å². The Morgan fingerprint density at radius 1 is 0.831 bits per heavy atom. The largest absolute Gasteiger partial charge is 0.477 e. The molecule has 1 aliphatic carbocycles. The number of aromatic nitrogens is 3. The maximum Gasteiger partial charge on any atom is 0.411 e. The molecule has 2 fully saturated rings. The van der Waals surface area contributed by atoms with Crippen LogP contribution in [0.4, 0.5) is 32.8 Å². The van der Waals surface area contributed by atoms with Crippen LogP contribution in [0.1, 0.15) is 101 Å². The van der Waals surface area contributed by atoms with Crippen LogP contribution >= 0.6 is 0 Å². The quantitative estimate of drug-likeness (QED) is 0.0625. The minimum absolute atomic E-state index is 0.0743. The van der Waals surface area contributed by atoms with Crippen LogP contribution in [0.2, 0.25) is 0 Å². The van der Waals surface area contributed by atoms with Crippen molar-refractivity contribution in [1.29, 1.82) is 0 Å². The summed E-state index contributed by atoms with van der Waals surface area (Å²) in [5.41, 5.74) is 2.72. The van der Waals surface area contributed by atoms with Gasteiger partial charge in [0.25, 0.3) is 5.91 Å². The molecule has 4 aromatic rings. The van der Waals surface area contributed by atoms with Gasteiger partial charge in [-0.25, -0.2) is 19.4 Å². The number of carboxylic acids is 1. The Bertz CT molecular complexity index is 2590. The van der Waals surface area contributed by atoms with Crippen molar-refractivity contribution in [3.8, 4) is 22.5 Å². The summed E-state index contributed by atoms with van der Waals surface area (Å²) < 4.78 is 67.1. The molecule has 2 atom stereocenters. The van der Waals surface area contributed by atoms with E-state index in [0.29, 0.717) is 62.9 Å². The number of hydrogen-bond acceptors (Lipinski definition) is 10. The second kappa shape index (κ2) is 21.5. The number of amides is 5. The number of anilines is 1. The molecule has 3 aromatic carbocycles. The highest BCUT2D eigenvalue weighted by Crippen LogP contribution is 2.42. The molecule has 2 unspecified atom stereocenters. The van der Waals surface area contributed by atoms with Crippen molar-refractivity contribution >= 4 is 41.6 Å². The summed E-state index contributed by atoms with van der Waals surface area (Å²) >= 11 is 0. The number of aromatic amines is 1. The fourth-order valence-electron chi connectivity index (χ4n) is 8.24. The van der Waals surface area contributed by atoms with Crippen LogP contribution in [-0.4, -0.2) is 110 Å². The molecular weight excluding hydrogens is 933 g/mol. The van der Waals surface area contributed by atoms with Gasteiger partial charge in [0.1, 0.15) is 17.2 Å². The molecule has 0 bridgehead atoms. The fraction of sp³-hybridized carbons (Fsp3) is 0.480. The lowest BCUT2D eigenvalue weighted by Crippen LogP contribution is -2.48. The van der Waals surface area contributed by atoms with Crippen LogP contribution in [0.5, 0.6) is 0 Å². The highest BCUT2D eigenvalue weighted by atomic mass is 19.3. The van der Waals surface area contributed by atoms with Crippen molar-refractivity contribution in [3.05, 3.63) is 89.2 Å². The van der Waals surface area contributed by atoms with Crippen molar-refractivity contribution in [2.24, 2.45) is 11.8 Å². The van der Waals surface area contributed by atoms with E-state index in [-0.39, 0.29) is 41.4 Å². The Morgan fingerprint density at radius 2 is 1.46 bits per heavy atom. The fourth-order valence-corrected chi connectivity index (χ4v) is 8.24. The second-order valence-corrected chi connectivity index (χ2v) is 20.0. The Hall–Kier alpha value is -7.06. The molecule has 6 rings (SSSR count). The first-order valence-corrected chi connectivity index (χ1v) is 23.3. The van der Waals surface area contributed by atoms with Gasteiger partial charge >= 0.3 is 30.0 Å². The molecule has 5 amide bonds. The number of likely N-dealkylation sites (tertiary alicyclic amines) is 1. The molecule has 21 heteroatoms. The van der Waals surface area contributed by atoms with E-state index in [9.17, 15) is 46.3 Å². The summed E-state index contributed by atoms with van der Waals surface area (Å²) in [6.45, 7) is 13.8. The van der Waals surface area contributed by atoms with Crippen LogP contribution in [-0.2, 0) is 36.2 Å². The second-order valence-electron chi connectivity index (χ2n) is 20.0. The van der Waals surface area contributed by atoms with Gasteiger partial charge in [-0.15, -0.1) is 0 Å². The number of alkyl halides is 4. The third kappa shape index (κ3) is 13.8. The predicted molar refractivity (Wildman–Crippen MR) is 253 cm³/mol. The molecule has 1 aromatic heterocycles. The Balaban J connectivity index is 1.12. The number of nitrogens with zero attached hydrogens (tertiary/aromatic N) is 3. The zero-order valence-electron chi connectivity index (χ0n) is 40.6. The number of halogens is 4. The van der Waals surface area contributed by atoms with E-state index in [0.717, 1.165) is 16.7 Å². The van der Waals surface area contributed by atoms with E-state index in [1.807, 2.05) is 37.3 Å². The number of hydrogen-bond donors (Lipinski definition) is 6. The summed E-state index contributed by atoms with van der Waals surface area (Å²) in [6, 6.07) is 16.9. The first-order chi connectivity index (χ1) is 33.2. The molecule has 0 radical (unpaired) electrons. The van der Waals surface area contributed by atoms with Crippen molar-refractivity contribution in [1.82, 2.24) is 36.0 Å². The number of carbonyl (C=O) groups is 6. The summed E-state index contributed by atoms with van der Waals surface area (Å²) in [5, 5.41) is 25.4. The number of carbonyl (C=O) groups excluding carboxylic acids is 5. The normalized spacial score (nSPS) is 18.0. The summed E-state index contributed by atoms with van der Waals surface area (Å²) in [6.07, 6.45) is 2.09. The van der Waals surface area contributed by atoms with Gasteiger partial charge in [0.15, 0.2) is 5.82 Å². The number of ether oxygens (including phenoxy) is 2. The number of carboxylic acid groups (broad SMARTS) is 1. The van der Waals surface area contributed by atoms with Gasteiger partial charge in [0, 0.05) is 54.8 Å². The molecule has 71 heavy (non-hydrogen) atoms. The molecule has 1 aliphatic heterocycles. The molecule has 2 heterocycles. The van der Waals surface area contributed by atoms with Crippen molar-refractivity contribution in [2.75, 3.05) is 25.0 Å². The first kappa shape index (κ1) is 53.3. The zero-order valence-corrected chi connectivity index (χ0v) is 40.6. The minimum Gasteiger partial charge on any atom is -0.477 e. The molecule has 1 saturated heterocycles. The number of aryl methyl sites for hydroxylation is 1. The van der Waals surface area contributed by atoms with E-state index in [4.69, 9.17) is 14.6 Å². The van der Waals surface area contributed by atoms with Gasteiger partial charge in [0.2, 0.25) is 17.6 Å². The van der Waals surface area contributed by atoms with Crippen LogP contribution in [0.3, 0.4) is 0 Å². The number of rotatable bonds is 15. The molecule has 382 valence electrons. The Kier molecular flexibility index (Phi) is 16.2. The third-order valence-corrected chi connectivity index (χ3v) is 12.0. The van der Waals surface area contributed by atoms with E-state index < -0.39 is 70.7 Å². The summed E-state index contributed by atoms with van der Waals surface area (Å²) in [5.74, 6) is -17.2. The number of benzene rings is 3. The van der Waals surface area contributed by atoms with Crippen molar-refractivity contribution in [2.45, 2.75) is 122 Å². The van der Waals surface area contributed by atoms with Crippen LogP contribution in [0.25, 0.3) is 22.5 Å². The van der Waals surface area contributed by atoms with Gasteiger partial charge in [0.05, 0.1) is 0 Å². The third-order valence-electron chi connectivity index (χ3n) is 12.0. The predicted octanol–water partition coefficient (Wildman–Crippen LogP) is 8.00. The van der Waals surface area contributed by atoms with Gasteiger partial charge in [-0.1, -0.05) is 30.3 Å². The van der Waals surface area contributed by atoms with Crippen LogP contribution in [0, 0.1) is 18.8 Å². The highest BCUT2D eigenvalue weighted by molar-refractivity contribution is 5.98. The number of H-pyrrole nitrogens is 1. The highest BCUT2D eigenvalue weighted by Gasteiger charge is 2.65. The molecule has 2 aliphatic rings. The lowest BCUT2D eigenvalue weighted by atomic mass is 9.81. The first-order valence-electron chi connectivity index (χ1n) is 23.3. The molecule has 1 saturated carbocycles. The molecule has 17 nitrogen and oxygen atoms in total. The van der Waals surface area contributed by atoms with E-state index >= 15 is 0 Å². The number of alkyl carbamates (subject to hydrolysis) is 1.